The Labute approximate surface area is 172 Å². The van der Waals surface area contributed by atoms with Gasteiger partial charge >= 0.3 is 0 Å². The van der Waals surface area contributed by atoms with Crippen molar-refractivity contribution in [2.24, 2.45) is 0 Å². The van der Waals surface area contributed by atoms with E-state index in [0.717, 1.165) is 23.4 Å². The van der Waals surface area contributed by atoms with E-state index in [4.69, 9.17) is 9.47 Å². The quantitative estimate of drug-likeness (QED) is 0.785. The highest BCUT2D eigenvalue weighted by atomic mass is 16.5. The van der Waals surface area contributed by atoms with Crippen LogP contribution in [-0.4, -0.2) is 50.2 Å². The number of hydrogen-bond donors (Lipinski definition) is 2. The summed E-state index contributed by atoms with van der Waals surface area (Å²) in [6.07, 6.45) is 3.04. The molecule has 1 fully saturated rings. The van der Waals surface area contributed by atoms with Crippen LogP contribution in [0.5, 0.6) is 5.75 Å². The predicted octanol–water partition coefficient (Wildman–Crippen LogP) is 3.02. The summed E-state index contributed by atoms with van der Waals surface area (Å²) in [6.45, 7) is -0.0896. The second-order valence-corrected chi connectivity index (χ2v) is 8.45. The second kappa shape index (κ2) is 8.34. The maximum atomic E-state index is 10.3. The minimum absolute atomic E-state index is 0.0896. The van der Waals surface area contributed by atoms with Gasteiger partial charge < -0.3 is 24.6 Å². The van der Waals surface area contributed by atoms with Crippen molar-refractivity contribution in [1.29, 1.82) is 0 Å². The third-order valence-corrected chi connectivity index (χ3v) is 6.17. The number of aliphatic hydroxyl groups is 2. The fourth-order valence-electron chi connectivity index (χ4n) is 4.51. The van der Waals surface area contributed by atoms with Crippen LogP contribution in [0.1, 0.15) is 46.8 Å². The van der Waals surface area contributed by atoms with E-state index in [1.807, 2.05) is 14.1 Å². The summed E-state index contributed by atoms with van der Waals surface area (Å²) >= 11 is 0. The van der Waals surface area contributed by atoms with Gasteiger partial charge in [0.25, 0.3) is 0 Å². The van der Waals surface area contributed by atoms with Crippen LogP contribution in [0, 0.1) is 0 Å². The number of methoxy groups -OCH3 is 1. The van der Waals surface area contributed by atoms with Crippen LogP contribution in [0.25, 0.3) is 0 Å². The molecule has 2 aromatic rings. The van der Waals surface area contributed by atoms with Gasteiger partial charge in [0.15, 0.2) is 0 Å². The summed E-state index contributed by atoms with van der Waals surface area (Å²) < 4.78 is 11.8. The summed E-state index contributed by atoms with van der Waals surface area (Å²) in [7, 11) is 5.74. The van der Waals surface area contributed by atoms with E-state index in [1.54, 1.807) is 7.11 Å². The Kier molecular flexibility index (Phi) is 5.81. The molecule has 0 radical (unpaired) electrons. The van der Waals surface area contributed by atoms with Crippen molar-refractivity contribution in [1.82, 2.24) is 0 Å². The van der Waals surface area contributed by atoms with Crippen molar-refractivity contribution in [2.75, 3.05) is 32.7 Å². The molecule has 2 N–H and O–H groups in total. The van der Waals surface area contributed by atoms with E-state index in [0.29, 0.717) is 12.8 Å². The molecule has 2 aliphatic rings. The maximum absolute atomic E-state index is 10.3. The third-order valence-electron chi connectivity index (χ3n) is 6.17. The Balaban J connectivity index is 1.71. The zero-order valence-corrected chi connectivity index (χ0v) is 17.5. The van der Waals surface area contributed by atoms with E-state index in [1.165, 1.54) is 35.1 Å². The van der Waals surface area contributed by atoms with Crippen molar-refractivity contribution >= 4 is 5.69 Å². The molecule has 1 heterocycles. The molecule has 5 nitrogen and oxygen atoms in total. The largest absolute Gasteiger partial charge is 0.496 e. The lowest BCUT2D eigenvalue weighted by Gasteiger charge is -2.34. The van der Waals surface area contributed by atoms with Crippen molar-refractivity contribution < 1.29 is 19.7 Å². The van der Waals surface area contributed by atoms with Crippen LogP contribution in [0.15, 0.2) is 30.3 Å². The molecule has 0 spiro atoms. The molecule has 0 aromatic heterocycles. The van der Waals surface area contributed by atoms with E-state index >= 15 is 0 Å². The van der Waals surface area contributed by atoms with Crippen molar-refractivity contribution in [3.05, 3.63) is 58.1 Å². The van der Waals surface area contributed by atoms with Gasteiger partial charge in [-0.2, -0.15) is 0 Å². The molecule has 0 amide bonds. The smallest absolute Gasteiger partial charge is 0.126 e. The molecule has 3 atom stereocenters. The number of ether oxygens (including phenoxy) is 2. The molecule has 1 aliphatic heterocycles. The monoisotopic (exact) mass is 397 g/mol. The van der Waals surface area contributed by atoms with Crippen LogP contribution in [0.4, 0.5) is 5.69 Å². The first-order valence-corrected chi connectivity index (χ1v) is 10.4. The average molecular weight is 398 g/mol. The highest BCUT2D eigenvalue weighted by Crippen LogP contribution is 2.40. The summed E-state index contributed by atoms with van der Waals surface area (Å²) in [5.41, 5.74) is 7.50. The Bertz CT molecular complexity index is 879. The highest BCUT2D eigenvalue weighted by molar-refractivity contribution is 5.61. The summed E-state index contributed by atoms with van der Waals surface area (Å²) in [6, 6.07) is 11.0. The lowest BCUT2D eigenvalue weighted by Crippen LogP contribution is -2.33. The Morgan fingerprint density at radius 1 is 1.10 bits per heavy atom. The van der Waals surface area contributed by atoms with Gasteiger partial charge in [0.1, 0.15) is 5.75 Å². The van der Waals surface area contributed by atoms with Gasteiger partial charge in [-0.15, -0.1) is 0 Å². The van der Waals surface area contributed by atoms with Crippen LogP contribution in [0.2, 0.25) is 0 Å². The number of aryl methyl sites for hydroxylation is 2. The van der Waals surface area contributed by atoms with Gasteiger partial charge in [0.05, 0.1) is 32.0 Å². The molecular weight excluding hydrogens is 366 g/mol. The van der Waals surface area contributed by atoms with Gasteiger partial charge in [0, 0.05) is 44.3 Å². The standard InChI is InChI=1S/C24H31NO4/c1-25(2)22-13-23(28-3)21(24-12-19(27)11-20(14-26)29-24)10-18(22)9-15-4-5-16-6-7-17(16)8-15/h4-5,8,10,13,19-20,24,26-27H,6-7,9,11-12,14H2,1-3H3. The summed E-state index contributed by atoms with van der Waals surface area (Å²) in [5.74, 6) is 0.755. The number of benzene rings is 2. The first-order valence-electron chi connectivity index (χ1n) is 10.4. The van der Waals surface area contributed by atoms with Gasteiger partial charge in [-0.3, -0.25) is 0 Å². The molecule has 3 unspecified atom stereocenters. The molecule has 5 heteroatoms. The first-order chi connectivity index (χ1) is 14.0. The molecular formula is C24H31NO4. The van der Waals surface area contributed by atoms with Crippen LogP contribution in [0.3, 0.4) is 0 Å². The van der Waals surface area contributed by atoms with Crippen molar-refractivity contribution in [2.45, 2.75) is 50.4 Å². The Morgan fingerprint density at radius 3 is 2.52 bits per heavy atom. The molecule has 0 bridgehead atoms. The van der Waals surface area contributed by atoms with E-state index in [9.17, 15) is 10.2 Å². The van der Waals surface area contributed by atoms with Gasteiger partial charge in [0.2, 0.25) is 0 Å². The van der Waals surface area contributed by atoms with Crippen LogP contribution in [-0.2, 0) is 24.0 Å². The number of anilines is 1. The molecule has 4 rings (SSSR count). The summed E-state index contributed by atoms with van der Waals surface area (Å²) in [5, 5.41) is 19.8. The maximum Gasteiger partial charge on any atom is 0.126 e. The zero-order valence-electron chi connectivity index (χ0n) is 17.5. The van der Waals surface area contributed by atoms with E-state index < -0.39 is 6.10 Å². The second-order valence-electron chi connectivity index (χ2n) is 8.45. The number of rotatable bonds is 6. The topological polar surface area (TPSA) is 62.2 Å². The zero-order chi connectivity index (χ0) is 20.5. The van der Waals surface area contributed by atoms with Gasteiger partial charge in [-0.25, -0.2) is 0 Å². The average Bonchev–Trinajstić information content (AvgIpc) is 2.69. The molecule has 1 aliphatic carbocycles. The lowest BCUT2D eigenvalue weighted by molar-refractivity contribution is -0.114. The normalized spacial score (nSPS) is 23.3. The minimum atomic E-state index is -0.486. The number of fused-ring (bicyclic) bond motifs is 1. The number of aliphatic hydroxyl groups excluding tert-OH is 2. The fourth-order valence-corrected chi connectivity index (χ4v) is 4.51. The lowest BCUT2D eigenvalue weighted by atomic mass is 9.86. The third kappa shape index (κ3) is 4.13. The van der Waals surface area contributed by atoms with Crippen LogP contribution >= 0.6 is 0 Å². The number of hydrogen-bond acceptors (Lipinski definition) is 5. The molecule has 156 valence electrons. The molecule has 2 aromatic carbocycles. The number of nitrogens with zero attached hydrogens (tertiary/aromatic N) is 1. The first kappa shape index (κ1) is 20.2. The molecule has 0 saturated carbocycles. The Hall–Kier alpha value is -2.08. The SMILES string of the molecule is COc1cc(N(C)C)c(Cc2ccc3c(c2)CC3)cc1C1CC(O)CC(CO)O1. The fraction of sp³-hybridized carbons (Fsp3) is 0.500. The minimum Gasteiger partial charge on any atom is -0.496 e. The van der Waals surface area contributed by atoms with Crippen LogP contribution < -0.4 is 9.64 Å². The summed E-state index contributed by atoms with van der Waals surface area (Å²) in [4.78, 5) is 2.11. The molecule has 1 saturated heterocycles. The van der Waals surface area contributed by atoms with E-state index in [-0.39, 0.29) is 18.8 Å². The van der Waals surface area contributed by atoms with E-state index in [2.05, 4.69) is 35.2 Å². The Morgan fingerprint density at radius 2 is 1.90 bits per heavy atom. The van der Waals surface area contributed by atoms with Gasteiger partial charge in [-0.05, 0) is 47.6 Å². The van der Waals surface area contributed by atoms with Crippen molar-refractivity contribution in [3.8, 4) is 5.75 Å². The highest BCUT2D eigenvalue weighted by Gasteiger charge is 2.31. The molecule has 29 heavy (non-hydrogen) atoms. The van der Waals surface area contributed by atoms with Crippen molar-refractivity contribution in [3.63, 3.8) is 0 Å². The predicted molar refractivity (Wildman–Crippen MR) is 114 cm³/mol. The van der Waals surface area contributed by atoms with Gasteiger partial charge in [-0.1, -0.05) is 18.2 Å².